The summed E-state index contributed by atoms with van der Waals surface area (Å²) >= 11 is 1.35. The summed E-state index contributed by atoms with van der Waals surface area (Å²) in [5.41, 5.74) is 5.24. The zero-order valence-electron chi connectivity index (χ0n) is 7.84. The maximum Gasteiger partial charge on any atom is 0.304 e. The Balaban J connectivity index is 2.58. The molecule has 0 unspecified atom stereocenters. The molecule has 0 saturated carbocycles. The number of carbonyl (C=O) groups excluding carboxylic acids is 1. The van der Waals surface area contributed by atoms with Crippen molar-refractivity contribution in [2.75, 3.05) is 5.75 Å². The van der Waals surface area contributed by atoms with E-state index in [1.807, 2.05) is 0 Å². The Labute approximate surface area is 90.7 Å². The van der Waals surface area contributed by atoms with Crippen molar-refractivity contribution in [2.45, 2.75) is 11.3 Å². The lowest BCUT2D eigenvalue weighted by molar-refractivity contribution is -0.136. The normalized spacial score (nSPS) is 9.87. The van der Waals surface area contributed by atoms with Gasteiger partial charge < -0.3 is 10.8 Å². The van der Waals surface area contributed by atoms with Gasteiger partial charge in [0.05, 0.1) is 6.42 Å². The number of amides is 1. The molecule has 5 nitrogen and oxygen atoms in total. The van der Waals surface area contributed by atoms with Crippen molar-refractivity contribution in [3.05, 3.63) is 24.0 Å². The van der Waals surface area contributed by atoms with E-state index in [4.69, 9.17) is 10.8 Å². The van der Waals surface area contributed by atoms with Crippen LogP contribution in [0, 0.1) is 0 Å². The summed E-state index contributed by atoms with van der Waals surface area (Å²) in [6.07, 6.45) is 1.56. The van der Waals surface area contributed by atoms with Gasteiger partial charge in [-0.1, -0.05) is 0 Å². The van der Waals surface area contributed by atoms with Crippen molar-refractivity contribution in [2.24, 2.45) is 5.73 Å². The molecule has 1 aromatic heterocycles. The summed E-state index contributed by atoms with van der Waals surface area (Å²) in [6.45, 7) is 0. The van der Waals surface area contributed by atoms with E-state index in [1.165, 1.54) is 18.0 Å². The molecule has 0 bridgehead atoms. The van der Waals surface area contributed by atoms with Crippen LogP contribution in [0.4, 0.5) is 0 Å². The van der Waals surface area contributed by atoms with Crippen LogP contribution in [-0.4, -0.2) is 27.7 Å². The van der Waals surface area contributed by atoms with Crippen LogP contribution in [0.3, 0.4) is 0 Å². The first-order valence-corrected chi connectivity index (χ1v) is 5.18. The van der Waals surface area contributed by atoms with E-state index in [0.717, 1.165) is 4.90 Å². The minimum atomic E-state index is -0.841. The van der Waals surface area contributed by atoms with Gasteiger partial charge in [0.15, 0.2) is 0 Å². The number of aliphatic carboxylic acids is 1. The van der Waals surface area contributed by atoms with Crippen molar-refractivity contribution in [3.8, 4) is 0 Å². The minimum absolute atomic E-state index is 0.0822. The van der Waals surface area contributed by atoms with E-state index >= 15 is 0 Å². The molecule has 0 aliphatic heterocycles. The van der Waals surface area contributed by atoms with Crippen molar-refractivity contribution in [1.82, 2.24) is 4.98 Å². The van der Waals surface area contributed by atoms with Crippen molar-refractivity contribution >= 4 is 23.6 Å². The van der Waals surface area contributed by atoms with Gasteiger partial charge in [0, 0.05) is 16.8 Å². The number of carboxylic acids is 1. The molecule has 0 saturated heterocycles. The maximum atomic E-state index is 10.8. The quantitative estimate of drug-likeness (QED) is 0.722. The number of carboxylic acid groups (broad SMARTS) is 1. The molecule has 0 radical (unpaired) electrons. The molecule has 80 valence electrons. The lowest BCUT2D eigenvalue weighted by atomic mass is 10.3. The first kappa shape index (κ1) is 11.5. The maximum absolute atomic E-state index is 10.8. The highest BCUT2D eigenvalue weighted by molar-refractivity contribution is 7.99. The molecule has 15 heavy (non-hydrogen) atoms. The van der Waals surface area contributed by atoms with E-state index in [-0.39, 0.29) is 12.1 Å². The molecule has 1 rings (SSSR count). The fraction of sp³-hybridized carbons (Fsp3) is 0.222. The van der Waals surface area contributed by atoms with Gasteiger partial charge >= 0.3 is 5.97 Å². The monoisotopic (exact) mass is 226 g/mol. The second kappa shape index (κ2) is 5.35. The summed E-state index contributed by atoms with van der Waals surface area (Å²) in [5, 5.41) is 8.43. The van der Waals surface area contributed by atoms with E-state index in [2.05, 4.69) is 4.98 Å². The van der Waals surface area contributed by atoms with Crippen molar-refractivity contribution in [3.63, 3.8) is 0 Å². The molecule has 1 aromatic rings. The Morgan fingerprint density at radius 3 is 2.87 bits per heavy atom. The highest BCUT2D eigenvalue weighted by Gasteiger charge is 2.04. The van der Waals surface area contributed by atoms with Gasteiger partial charge in [-0.2, -0.15) is 0 Å². The summed E-state index contributed by atoms with van der Waals surface area (Å²) in [6, 6.07) is 3.26. The summed E-state index contributed by atoms with van der Waals surface area (Å²) in [7, 11) is 0. The molecule has 0 atom stereocenters. The molecule has 3 N–H and O–H groups in total. The second-order valence-corrected chi connectivity index (χ2v) is 3.90. The Kier molecular flexibility index (Phi) is 4.11. The average Bonchev–Trinajstić information content (AvgIpc) is 2.17. The number of nitrogens with zero attached hydrogens (tertiary/aromatic N) is 1. The highest BCUT2D eigenvalue weighted by Crippen LogP contribution is 2.18. The second-order valence-electron chi connectivity index (χ2n) is 2.73. The molecule has 1 heterocycles. The van der Waals surface area contributed by atoms with Crippen LogP contribution < -0.4 is 5.73 Å². The lowest BCUT2D eigenvalue weighted by Crippen LogP contribution is -2.12. The Morgan fingerprint density at radius 1 is 1.53 bits per heavy atom. The Bertz CT molecular complexity index is 381. The van der Waals surface area contributed by atoms with E-state index < -0.39 is 11.9 Å². The predicted octanol–water partition coefficient (Wildman–Crippen LogP) is 0.747. The summed E-state index contributed by atoms with van der Waals surface area (Å²) in [4.78, 5) is 25.6. The van der Waals surface area contributed by atoms with Gasteiger partial charge in [0.2, 0.25) is 0 Å². The number of nitrogens with two attached hydrogens (primary N) is 1. The fourth-order valence-corrected chi connectivity index (χ4v) is 1.76. The average molecular weight is 226 g/mol. The Morgan fingerprint density at radius 2 is 2.27 bits per heavy atom. The van der Waals surface area contributed by atoms with Crippen LogP contribution in [-0.2, 0) is 4.79 Å². The minimum Gasteiger partial charge on any atom is -0.481 e. The third-order valence-corrected chi connectivity index (χ3v) is 2.56. The molecule has 6 heteroatoms. The third-order valence-electron chi connectivity index (χ3n) is 1.57. The molecule has 0 aromatic carbocycles. The lowest BCUT2D eigenvalue weighted by Gasteiger charge is -2.00. The molecular formula is C9H10N2O3S. The van der Waals surface area contributed by atoms with Gasteiger partial charge in [-0.05, 0) is 12.1 Å². The van der Waals surface area contributed by atoms with E-state index in [9.17, 15) is 9.59 Å². The topological polar surface area (TPSA) is 93.3 Å². The van der Waals surface area contributed by atoms with Crippen LogP contribution in [0.25, 0.3) is 0 Å². The van der Waals surface area contributed by atoms with Crippen LogP contribution in [0.5, 0.6) is 0 Å². The van der Waals surface area contributed by atoms with Crippen molar-refractivity contribution in [1.29, 1.82) is 0 Å². The van der Waals surface area contributed by atoms with E-state index in [1.54, 1.807) is 12.1 Å². The predicted molar refractivity (Wildman–Crippen MR) is 55.7 cm³/mol. The smallest absolute Gasteiger partial charge is 0.304 e. The number of carbonyl (C=O) groups is 2. The van der Waals surface area contributed by atoms with Crippen LogP contribution in [0.1, 0.15) is 16.9 Å². The van der Waals surface area contributed by atoms with Gasteiger partial charge in [0.1, 0.15) is 5.69 Å². The van der Waals surface area contributed by atoms with Gasteiger partial charge in [-0.15, -0.1) is 11.8 Å². The molecule has 0 fully saturated rings. The van der Waals surface area contributed by atoms with Crippen LogP contribution in [0.15, 0.2) is 23.2 Å². The first-order valence-electron chi connectivity index (χ1n) is 4.20. The number of pyridine rings is 1. The highest BCUT2D eigenvalue weighted by atomic mass is 32.2. The van der Waals surface area contributed by atoms with Gasteiger partial charge in [-0.25, -0.2) is 0 Å². The van der Waals surface area contributed by atoms with E-state index in [0.29, 0.717) is 5.75 Å². The number of thioether (sulfide) groups is 1. The SMILES string of the molecule is NC(=O)c1cc(SCCC(=O)O)ccn1. The van der Waals surface area contributed by atoms with Crippen LogP contribution >= 0.6 is 11.8 Å². The molecule has 0 aliphatic carbocycles. The summed E-state index contributed by atoms with van der Waals surface area (Å²) in [5.74, 6) is -0.972. The molecule has 1 amide bonds. The standard InChI is InChI=1S/C9H10N2O3S/c10-9(14)7-5-6(1-3-11-7)15-4-2-8(12)13/h1,3,5H,2,4H2,(H2,10,14)(H,12,13). The fourth-order valence-electron chi connectivity index (χ4n) is 0.892. The third kappa shape index (κ3) is 3.99. The number of hydrogen-bond acceptors (Lipinski definition) is 4. The number of primary amides is 1. The zero-order valence-corrected chi connectivity index (χ0v) is 8.66. The van der Waals surface area contributed by atoms with Crippen LogP contribution in [0.2, 0.25) is 0 Å². The number of hydrogen-bond donors (Lipinski definition) is 2. The van der Waals surface area contributed by atoms with Crippen molar-refractivity contribution < 1.29 is 14.7 Å². The van der Waals surface area contributed by atoms with Gasteiger partial charge in [-0.3, -0.25) is 14.6 Å². The first-order chi connectivity index (χ1) is 7.09. The molecule has 0 spiro atoms. The molecular weight excluding hydrogens is 216 g/mol. The Hall–Kier alpha value is -1.56. The number of aromatic nitrogens is 1. The molecule has 0 aliphatic rings. The summed E-state index contributed by atoms with van der Waals surface area (Å²) < 4.78 is 0. The zero-order chi connectivity index (χ0) is 11.3. The largest absolute Gasteiger partial charge is 0.481 e. The number of rotatable bonds is 5. The van der Waals surface area contributed by atoms with Gasteiger partial charge in [0.25, 0.3) is 5.91 Å².